The van der Waals surface area contributed by atoms with Crippen molar-refractivity contribution in [2.45, 2.75) is 32.6 Å². The van der Waals surface area contributed by atoms with Gasteiger partial charge in [-0.15, -0.1) is 11.3 Å². The first-order valence-corrected chi connectivity index (χ1v) is 8.44. The standard InChI is InChI=1S/C17H18N4S/c1-10-19-16(21-12-6-4-5-11(18)9-12)15-13-7-2-3-8-14(13)22-17(15)20-10/h4-6,9H,2-3,7-8,18H2,1H3,(H,19,20,21). The van der Waals surface area contributed by atoms with Crippen LogP contribution in [0, 0.1) is 6.92 Å². The van der Waals surface area contributed by atoms with Gasteiger partial charge in [-0.3, -0.25) is 0 Å². The van der Waals surface area contributed by atoms with Gasteiger partial charge >= 0.3 is 0 Å². The predicted molar refractivity (Wildman–Crippen MR) is 92.9 cm³/mol. The van der Waals surface area contributed by atoms with E-state index < -0.39 is 0 Å². The van der Waals surface area contributed by atoms with Gasteiger partial charge in [-0.1, -0.05) is 6.07 Å². The lowest BCUT2D eigenvalue weighted by molar-refractivity contribution is 0.700. The fraction of sp³-hybridized carbons (Fsp3) is 0.294. The van der Waals surface area contributed by atoms with Crippen molar-refractivity contribution in [3.05, 3.63) is 40.5 Å². The third-order valence-electron chi connectivity index (χ3n) is 4.08. The highest BCUT2D eigenvalue weighted by atomic mass is 32.1. The van der Waals surface area contributed by atoms with Crippen LogP contribution in [-0.2, 0) is 12.8 Å². The molecule has 4 rings (SSSR count). The number of rotatable bonds is 2. The minimum atomic E-state index is 0.749. The Morgan fingerprint density at radius 1 is 1.18 bits per heavy atom. The molecule has 4 nitrogen and oxygen atoms in total. The van der Waals surface area contributed by atoms with Crippen LogP contribution in [0.5, 0.6) is 0 Å². The van der Waals surface area contributed by atoms with Crippen molar-refractivity contribution < 1.29 is 0 Å². The van der Waals surface area contributed by atoms with E-state index in [2.05, 4.69) is 15.3 Å². The Morgan fingerprint density at radius 2 is 2.05 bits per heavy atom. The Hall–Kier alpha value is -2.14. The minimum absolute atomic E-state index is 0.749. The lowest BCUT2D eigenvalue weighted by atomic mass is 9.97. The lowest BCUT2D eigenvalue weighted by Crippen LogP contribution is -2.02. The second kappa shape index (κ2) is 5.25. The molecular weight excluding hydrogens is 292 g/mol. The zero-order valence-corrected chi connectivity index (χ0v) is 13.3. The molecule has 3 aromatic rings. The second-order valence-electron chi connectivity index (χ2n) is 5.76. The normalized spacial score (nSPS) is 14.0. The first-order valence-electron chi connectivity index (χ1n) is 7.62. The van der Waals surface area contributed by atoms with E-state index in [0.29, 0.717) is 0 Å². The number of aromatic nitrogens is 2. The van der Waals surface area contributed by atoms with Crippen molar-refractivity contribution in [2.24, 2.45) is 0 Å². The van der Waals surface area contributed by atoms with Crippen molar-refractivity contribution >= 4 is 38.7 Å². The maximum Gasteiger partial charge on any atom is 0.143 e. The maximum atomic E-state index is 5.87. The van der Waals surface area contributed by atoms with E-state index in [1.54, 1.807) is 0 Å². The molecular formula is C17H18N4S. The second-order valence-corrected chi connectivity index (χ2v) is 6.84. The molecule has 0 spiro atoms. The van der Waals surface area contributed by atoms with Crippen molar-refractivity contribution in [1.29, 1.82) is 0 Å². The highest BCUT2D eigenvalue weighted by Crippen LogP contribution is 2.39. The van der Waals surface area contributed by atoms with Crippen LogP contribution in [0.25, 0.3) is 10.2 Å². The molecule has 1 aliphatic rings. The van der Waals surface area contributed by atoms with Crippen LogP contribution < -0.4 is 11.1 Å². The molecule has 2 aromatic heterocycles. The molecule has 112 valence electrons. The number of nitrogens with zero attached hydrogens (tertiary/aromatic N) is 2. The van der Waals surface area contributed by atoms with Crippen molar-refractivity contribution in [3.63, 3.8) is 0 Å². The Bertz CT molecular complexity index is 853. The van der Waals surface area contributed by atoms with Crippen LogP contribution in [0.2, 0.25) is 0 Å². The van der Waals surface area contributed by atoms with Crippen LogP contribution in [0.3, 0.4) is 0 Å². The van der Waals surface area contributed by atoms with Gasteiger partial charge in [-0.2, -0.15) is 0 Å². The van der Waals surface area contributed by atoms with E-state index >= 15 is 0 Å². The first-order chi connectivity index (χ1) is 10.7. The molecule has 0 radical (unpaired) electrons. The average Bonchev–Trinajstić information content (AvgIpc) is 2.85. The molecule has 0 saturated heterocycles. The van der Waals surface area contributed by atoms with Gasteiger partial charge in [0.2, 0.25) is 0 Å². The molecule has 22 heavy (non-hydrogen) atoms. The summed E-state index contributed by atoms with van der Waals surface area (Å²) in [5, 5.41) is 4.64. The molecule has 2 heterocycles. The molecule has 5 heteroatoms. The summed E-state index contributed by atoms with van der Waals surface area (Å²) in [6, 6.07) is 7.78. The van der Waals surface area contributed by atoms with Gasteiger partial charge in [0.15, 0.2) is 0 Å². The number of nitrogens with one attached hydrogen (secondary N) is 1. The summed E-state index contributed by atoms with van der Waals surface area (Å²) in [4.78, 5) is 11.9. The molecule has 1 aliphatic carbocycles. The summed E-state index contributed by atoms with van der Waals surface area (Å²) >= 11 is 1.83. The number of benzene rings is 1. The molecule has 0 amide bonds. The fourth-order valence-corrected chi connectivity index (χ4v) is 4.41. The lowest BCUT2D eigenvalue weighted by Gasteiger charge is -2.13. The Labute approximate surface area is 133 Å². The smallest absolute Gasteiger partial charge is 0.143 e. The summed E-state index contributed by atoms with van der Waals surface area (Å²) in [6.07, 6.45) is 4.84. The first kappa shape index (κ1) is 13.5. The van der Waals surface area contributed by atoms with Gasteiger partial charge in [0.1, 0.15) is 16.5 Å². The van der Waals surface area contributed by atoms with Gasteiger partial charge in [0.05, 0.1) is 5.39 Å². The van der Waals surface area contributed by atoms with Gasteiger partial charge in [0, 0.05) is 16.3 Å². The summed E-state index contributed by atoms with van der Waals surface area (Å²) in [5.74, 6) is 1.71. The molecule has 0 atom stereocenters. The number of thiophene rings is 1. The highest BCUT2D eigenvalue weighted by molar-refractivity contribution is 7.19. The molecule has 0 fully saturated rings. The molecule has 0 saturated carbocycles. The van der Waals surface area contributed by atoms with E-state index in [9.17, 15) is 0 Å². The fourth-order valence-electron chi connectivity index (χ4n) is 3.11. The number of hydrogen-bond acceptors (Lipinski definition) is 5. The predicted octanol–water partition coefficient (Wildman–Crippen LogP) is 4.20. The summed E-state index contributed by atoms with van der Waals surface area (Å²) in [5.41, 5.74) is 9.03. The molecule has 0 bridgehead atoms. The zero-order chi connectivity index (χ0) is 15.1. The molecule has 0 aliphatic heterocycles. The van der Waals surface area contributed by atoms with E-state index in [0.717, 1.165) is 34.3 Å². The van der Waals surface area contributed by atoms with Gasteiger partial charge in [0.25, 0.3) is 0 Å². The number of anilines is 3. The van der Waals surface area contributed by atoms with E-state index in [4.69, 9.17) is 5.73 Å². The third kappa shape index (κ3) is 2.31. The SMILES string of the molecule is Cc1nc(Nc2cccc(N)c2)c2c3c(sc2n1)CCCC3. The van der Waals surface area contributed by atoms with Crippen molar-refractivity contribution in [2.75, 3.05) is 11.1 Å². The summed E-state index contributed by atoms with van der Waals surface area (Å²) in [6.45, 7) is 1.95. The topological polar surface area (TPSA) is 63.8 Å². The van der Waals surface area contributed by atoms with E-state index in [1.165, 1.54) is 35.1 Å². The van der Waals surface area contributed by atoms with Crippen LogP contribution in [0.1, 0.15) is 29.1 Å². The van der Waals surface area contributed by atoms with Crippen molar-refractivity contribution in [1.82, 2.24) is 9.97 Å². The monoisotopic (exact) mass is 310 g/mol. The van der Waals surface area contributed by atoms with Crippen LogP contribution >= 0.6 is 11.3 Å². The number of hydrogen-bond donors (Lipinski definition) is 2. The molecule has 0 unspecified atom stereocenters. The quantitative estimate of drug-likeness (QED) is 0.696. The van der Waals surface area contributed by atoms with Crippen LogP contribution in [0.4, 0.5) is 17.2 Å². The zero-order valence-electron chi connectivity index (χ0n) is 12.5. The number of fused-ring (bicyclic) bond motifs is 3. The van der Waals surface area contributed by atoms with Gasteiger partial charge < -0.3 is 11.1 Å². The Kier molecular flexibility index (Phi) is 3.22. The molecule has 1 aromatic carbocycles. The number of nitrogens with two attached hydrogens (primary N) is 1. The summed E-state index contributed by atoms with van der Waals surface area (Å²) < 4.78 is 0. The largest absolute Gasteiger partial charge is 0.399 e. The number of aryl methyl sites for hydroxylation is 3. The van der Waals surface area contributed by atoms with Gasteiger partial charge in [-0.25, -0.2) is 9.97 Å². The maximum absolute atomic E-state index is 5.87. The van der Waals surface area contributed by atoms with E-state index in [-0.39, 0.29) is 0 Å². The average molecular weight is 310 g/mol. The summed E-state index contributed by atoms with van der Waals surface area (Å²) in [7, 11) is 0. The number of nitrogen functional groups attached to an aromatic ring is 1. The van der Waals surface area contributed by atoms with Gasteiger partial charge in [-0.05, 0) is 56.4 Å². The van der Waals surface area contributed by atoms with Crippen LogP contribution in [0.15, 0.2) is 24.3 Å². The minimum Gasteiger partial charge on any atom is -0.399 e. The van der Waals surface area contributed by atoms with Crippen LogP contribution in [-0.4, -0.2) is 9.97 Å². The Morgan fingerprint density at radius 3 is 2.91 bits per heavy atom. The van der Waals surface area contributed by atoms with Crippen molar-refractivity contribution in [3.8, 4) is 0 Å². The third-order valence-corrected chi connectivity index (χ3v) is 5.26. The highest BCUT2D eigenvalue weighted by Gasteiger charge is 2.20. The Balaban J connectivity index is 1.87. The molecule has 3 N–H and O–H groups in total. The van der Waals surface area contributed by atoms with E-state index in [1.807, 2.05) is 42.5 Å².